The van der Waals surface area contributed by atoms with Crippen LogP contribution in [0.15, 0.2) is 0 Å². The van der Waals surface area contributed by atoms with Gasteiger partial charge in [0.1, 0.15) is 11.8 Å². The van der Waals surface area contributed by atoms with Gasteiger partial charge in [0.05, 0.1) is 0 Å². The van der Waals surface area contributed by atoms with E-state index in [9.17, 15) is 9.59 Å². The van der Waals surface area contributed by atoms with Gasteiger partial charge >= 0.3 is 5.97 Å². The van der Waals surface area contributed by atoms with Crippen molar-refractivity contribution in [3.63, 3.8) is 0 Å². The van der Waals surface area contributed by atoms with Crippen molar-refractivity contribution in [2.45, 2.75) is 37.5 Å². The lowest BCUT2D eigenvalue weighted by atomic mass is 9.86. The molecule has 0 bridgehead atoms. The van der Waals surface area contributed by atoms with Gasteiger partial charge in [0, 0.05) is 6.42 Å². The van der Waals surface area contributed by atoms with Crippen molar-refractivity contribution >= 4 is 19.7 Å². The maximum absolute atomic E-state index is 10.7. The zero-order valence-corrected chi connectivity index (χ0v) is 8.11. The molecule has 4 N–H and O–H groups in total. The maximum atomic E-state index is 10.7. The fourth-order valence-electron chi connectivity index (χ4n) is 1.17. The third kappa shape index (κ3) is 4.39. The lowest BCUT2D eigenvalue weighted by Gasteiger charge is -2.21. The highest BCUT2D eigenvalue weighted by molar-refractivity contribution is 6.25. The highest BCUT2D eigenvalue weighted by Crippen LogP contribution is 2.15. The molecule has 0 saturated carbocycles. The van der Waals surface area contributed by atoms with Crippen LogP contribution in [-0.4, -0.2) is 35.4 Å². The predicted molar refractivity (Wildman–Crippen MR) is 53.3 cm³/mol. The average Bonchev–Trinajstić information content (AvgIpc) is 2.13. The molecular formula is C8H16BNO4. The number of aliphatic carboxylic acids is 1. The Morgan fingerprint density at radius 1 is 1.50 bits per heavy atom. The van der Waals surface area contributed by atoms with Crippen LogP contribution >= 0.6 is 0 Å². The van der Waals surface area contributed by atoms with E-state index >= 15 is 0 Å². The Morgan fingerprint density at radius 2 is 2.14 bits per heavy atom. The third-order valence-corrected chi connectivity index (χ3v) is 2.15. The number of unbranched alkanes of at least 4 members (excludes halogenated alkanes) is 1. The fourth-order valence-corrected chi connectivity index (χ4v) is 1.17. The molecule has 5 nitrogen and oxygen atoms in total. The molecule has 1 unspecified atom stereocenters. The summed E-state index contributed by atoms with van der Waals surface area (Å²) in [4.78, 5) is 21.0. The summed E-state index contributed by atoms with van der Waals surface area (Å²) in [6, 6.07) is 0. The van der Waals surface area contributed by atoms with Crippen LogP contribution in [-0.2, 0) is 9.59 Å². The minimum atomic E-state index is -1.43. The first-order valence-electron chi connectivity index (χ1n) is 4.63. The Morgan fingerprint density at radius 3 is 2.57 bits per heavy atom. The molecule has 0 heterocycles. The molecule has 0 amide bonds. The molecule has 0 aliphatic carbocycles. The summed E-state index contributed by atoms with van der Waals surface area (Å²) >= 11 is 0. The molecule has 0 fully saturated rings. The maximum Gasteiger partial charge on any atom is 0.324 e. The normalized spacial score (nSPS) is 14.4. The van der Waals surface area contributed by atoms with Gasteiger partial charge in [-0.1, -0.05) is 19.2 Å². The van der Waals surface area contributed by atoms with Crippen LogP contribution < -0.4 is 5.73 Å². The van der Waals surface area contributed by atoms with Gasteiger partial charge in [-0.25, -0.2) is 0 Å². The van der Waals surface area contributed by atoms with E-state index in [1.54, 1.807) is 0 Å². The van der Waals surface area contributed by atoms with Crippen molar-refractivity contribution in [1.29, 1.82) is 0 Å². The summed E-state index contributed by atoms with van der Waals surface area (Å²) in [5, 5.41) is 17.3. The lowest BCUT2D eigenvalue weighted by Crippen LogP contribution is -2.48. The number of rotatable bonds is 8. The first-order valence-corrected chi connectivity index (χ1v) is 4.63. The number of carboxylic acid groups (broad SMARTS) is 1. The molecule has 0 rings (SSSR count). The summed E-state index contributed by atoms with van der Waals surface area (Å²) in [7, 11) is 0.0956. The van der Waals surface area contributed by atoms with Gasteiger partial charge in [0.2, 0.25) is 0 Å². The number of hydrogen-bond acceptors (Lipinski definition) is 4. The summed E-state index contributed by atoms with van der Waals surface area (Å²) < 4.78 is 0. The first kappa shape index (κ1) is 13.1. The highest BCUT2D eigenvalue weighted by atomic mass is 16.4. The Balaban J connectivity index is 3.96. The molecule has 14 heavy (non-hydrogen) atoms. The summed E-state index contributed by atoms with van der Waals surface area (Å²) in [5.41, 5.74) is 4.11. The van der Waals surface area contributed by atoms with Crippen molar-refractivity contribution in [2.75, 3.05) is 0 Å². The molecule has 80 valence electrons. The van der Waals surface area contributed by atoms with Gasteiger partial charge in [0.15, 0.2) is 0 Å². The molecule has 1 atom stereocenters. The second-order valence-corrected chi connectivity index (χ2v) is 3.37. The number of carboxylic acids is 1. The molecule has 6 heteroatoms. The molecule has 0 aromatic heterocycles. The van der Waals surface area contributed by atoms with Crippen LogP contribution in [0.3, 0.4) is 0 Å². The minimum absolute atomic E-state index is 0.0956. The van der Waals surface area contributed by atoms with Crippen molar-refractivity contribution < 1.29 is 19.7 Å². The quantitative estimate of drug-likeness (QED) is 0.273. The van der Waals surface area contributed by atoms with E-state index in [0.717, 1.165) is 6.42 Å². The lowest BCUT2D eigenvalue weighted by molar-refractivity contribution is -0.144. The average molecular weight is 201 g/mol. The van der Waals surface area contributed by atoms with Gasteiger partial charge in [-0.2, -0.15) is 0 Å². The molecule has 0 spiro atoms. The van der Waals surface area contributed by atoms with Crippen molar-refractivity contribution in [3.05, 3.63) is 0 Å². The Kier molecular flexibility index (Phi) is 6.15. The SMILES string of the molecule is NC(CC=O)(CCCCBO)C(=O)O. The number of hydrogen-bond donors (Lipinski definition) is 3. The Bertz CT molecular complexity index is 200. The van der Waals surface area contributed by atoms with Gasteiger partial charge < -0.3 is 20.7 Å². The van der Waals surface area contributed by atoms with Crippen LogP contribution in [0.5, 0.6) is 0 Å². The summed E-state index contributed by atoms with van der Waals surface area (Å²) in [6.07, 6.45) is 2.60. The zero-order chi connectivity index (χ0) is 11.0. The van der Waals surface area contributed by atoms with E-state index < -0.39 is 11.5 Å². The number of carbonyl (C=O) groups excluding carboxylic acids is 1. The second kappa shape index (κ2) is 6.56. The highest BCUT2D eigenvalue weighted by Gasteiger charge is 2.32. The summed E-state index contributed by atoms with van der Waals surface area (Å²) in [6.45, 7) is 0. The minimum Gasteiger partial charge on any atom is -0.480 e. The van der Waals surface area contributed by atoms with E-state index in [0.29, 0.717) is 19.0 Å². The molecule has 0 aromatic carbocycles. The van der Waals surface area contributed by atoms with E-state index in [1.165, 1.54) is 0 Å². The van der Waals surface area contributed by atoms with E-state index in [1.807, 2.05) is 0 Å². The van der Waals surface area contributed by atoms with Crippen LogP contribution in [0.2, 0.25) is 6.32 Å². The smallest absolute Gasteiger partial charge is 0.324 e. The van der Waals surface area contributed by atoms with Crippen LogP contribution in [0.25, 0.3) is 0 Å². The van der Waals surface area contributed by atoms with Gasteiger partial charge in [0.25, 0.3) is 7.48 Å². The van der Waals surface area contributed by atoms with E-state index in [4.69, 9.17) is 15.9 Å². The molecule has 0 aromatic rings. The molecule has 0 radical (unpaired) electrons. The molecule has 0 saturated heterocycles. The Hall–Kier alpha value is -0.875. The van der Waals surface area contributed by atoms with E-state index in [-0.39, 0.29) is 20.3 Å². The number of carbonyl (C=O) groups is 2. The Labute approximate surface area is 83.6 Å². The van der Waals surface area contributed by atoms with Crippen molar-refractivity contribution in [1.82, 2.24) is 0 Å². The monoisotopic (exact) mass is 201 g/mol. The third-order valence-electron chi connectivity index (χ3n) is 2.15. The summed E-state index contributed by atoms with van der Waals surface area (Å²) in [5.74, 6) is -1.14. The molecule has 0 aliphatic heterocycles. The van der Waals surface area contributed by atoms with Crippen LogP contribution in [0.4, 0.5) is 0 Å². The molecule has 0 aliphatic rings. The fraction of sp³-hybridized carbons (Fsp3) is 0.750. The first-order chi connectivity index (χ1) is 6.56. The topological polar surface area (TPSA) is 101 Å². The predicted octanol–water partition coefficient (Wildman–Crippen LogP) is -0.710. The van der Waals surface area contributed by atoms with Gasteiger partial charge in [-0.05, 0) is 6.42 Å². The molecular weight excluding hydrogens is 185 g/mol. The van der Waals surface area contributed by atoms with Crippen LogP contribution in [0, 0.1) is 0 Å². The van der Waals surface area contributed by atoms with Gasteiger partial charge in [-0.3, -0.25) is 4.79 Å². The number of nitrogens with two attached hydrogens (primary N) is 1. The van der Waals surface area contributed by atoms with E-state index in [2.05, 4.69) is 0 Å². The largest absolute Gasteiger partial charge is 0.480 e. The van der Waals surface area contributed by atoms with Crippen molar-refractivity contribution in [3.8, 4) is 0 Å². The van der Waals surface area contributed by atoms with Crippen LogP contribution in [0.1, 0.15) is 25.7 Å². The second-order valence-electron chi connectivity index (χ2n) is 3.37. The van der Waals surface area contributed by atoms with Crippen molar-refractivity contribution in [2.24, 2.45) is 5.73 Å². The standard InChI is InChI=1S/C8H16BNO4/c10-8(4-6-11,7(12)13)3-1-2-5-9-14/h6,9,14H,1-5,10H2,(H,12,13). The number of aldehydes is 1. The van der Waals surface area contributed by atoms with Gasteiger partial charge in [-0.15, -0.1) is 0 Å². The zero-order valence-electron chi connectivity index (χ0n) is 8.11.